The van der Waals surface area contributed by atoms with Gasteiger partial charge in [-0.1, -0.05) is 37.4 Å². The van der Waals surface area contributed by atoms with E-state index in [0.717, 1.165) is 124 Å². The van der Waals surface area contributed by atoms with Crippen LogP contribution in [0.4, 0.5) is 24.4 Å². The number of hydrogen-bond acceptors (Lipinski definition) is 11. The summed E-state index contributed by atoms with van der Waals surface area (Å²) in [7, 11) is 2.88. The third-order valence-electron chi connectivity index (χ3n) is 12.0. The second-order valence-electron chi connectivity index (χ2n) is 17.9. The summed E-state index contributed by atoms with van der Waals surface area (Å²) in [5.41, 5.74) is 2.54. The van der Waals surface area contributed by atoms with E-state index >= 15 is 4.39 Å². The van der Waals surface area contributed by atoms with Gasteiger partial charge in [0.2, 0.25) is 0 Å². The first-order chi connectivity index (χ1) is 28.1. The van der Waals surface area contributed by atoms with E-state index in [4.69, 9.17) is 21.3 Å². The summed E-state index contributed by atoms with van der Waals surface area (Å²) in [6.45, 7) is 12.4. The van der Waals surface area contributed by atoms with Crippen LogP contribution in [0.3, 0.4) is 0 Å². The van der Waals surface area contributed by atoms with E-state index in [2.05, 4.69) is 52.9 Å². The highest BCUT2D eigenvalue weighted by molar-refractivity contribution is 7.28. The van der Waals surface area contributed by atoms with Crippen molar-refractivity contribution in [1.29, 1.82) is 5.26 Å². The van der Waals surface area contributed by atoms with E-state index in [1.165, 1.54) is 6.07 Å². The molecule has 11 nitrogen and oxygen atoms in total. The summed E-state index contributed by atoms with van der Waals surface area (Å²) < 4.78 is 33.3. The lowest BCUT2D eigenvalue weighted by atomic mass is 9.77. The van der Waals surface area contributed by atoms with Gasteiger partial charge in [-0.3, -0.25) is 10.3 Å². The van der Waals surface area contributed by atoms with Crippen molar-refractivity contribution < 1.29 is 28.2 Å². The van der Waals surface area contributed by atoms with Crippen molar-refractivity contribution in [3.05, 3.63) is 40.2 Å². The van der Waals surface area contributed by atoms with E-state index in [1.807, 2.05) is 6.07 Å². The third kappa shape index (κ3) is 9.97. The fourth-order valence-corrected chi connectivity index (χ4v) is 11.3. The Balaban J connectivity index is 1.16. The number of carbonyl (C=O) groups excluding carboxylic acids is 2. The number of rotatable bonds is 12. The number of thiophene rings is 1. The van der Waals surface area contributed by atoms with Gasteiger partial charge in [-0.15, -0.1) is 20.6 Å². The average Bonchev–Trinajstić information content (AvgIpc) is 3.73. The van der Waals surface area contributed by atoms with Gasteiger partial charge in [-0.05, 0) is 108 Å². The van der Waals surface area contributed by atoms with Gasteiger partial charge in [0, 0.05) is 69.5 Å². The number of aliphatic imine (C=N–C) groups is 1. The highest BCUT2D eigenvalue weighted by Gasteiger charge is 2.38. The quantitative estimate of drug-likeness (QED) is 0.120. The Morgan fingerprint density at radius 3 is 2.63 bits per heavy atom. The minimum absolute atomic E-state index is 0.112. The van der Waals surface area contributed by atoms with Crippen LogP contribution in [0.25, 0.3) is 21.2 Å². The van der Waals surface area contributed by atoms with Crippen molar-refractivity contribution >= 4 is 76.2 Å². The van der Waals surface area contributed by atoms with Crippen LogP contribution in [0, 0.1) is 22.6 Å². The molecule has 318 valence electrons. The molecule has 3 fully saturated rings. The number of fused-ring (bicyclic) bond motifs is 4. The van der Waals surface area contributed by atoms with E-state index in [1.54, 1.807) is 26.8 Å². The maximum Gasteiger partial charge on any atom is 0.412 e. The van der Waals surface area contributed by atoms with Crippen LogP contribution in [0.15, 0.2) is 23.2 Å². The fourth-order valence-electron chi connectivity index (χ4n) is 9.33. The highest BCUT2D eigenvalue weighted by Crippen LogP contribution is 2.46. The molecule has 5 atom stereocenters. The molecule has 0 radical (unpaired) electrons. The molecule has 3 aromatic rings. The maximum absolute atomic E-state index is 15.6. The van der Waals surface area contributed by atoms with Crippen molar-refractivity contribution in [2.75, 3.05) is 43.4 Å². The van der Waals surface area contributed by atoms with Crippen LogP contribution < -0.4 is 21.3 Å². The van der Waals surface area contributed by atoms with Crippen molar-refractivity contribution in [1.82, 2.24) is 15.1 Å². The van der Waals surface area contributed by atoms with E-state index in [-0.39, 0.29) is 33.3 Å². The topological polar surface area (TPSA) is 131 Å². The Hall–Kier alpha value is -3.60. The van der Waals surface area contributed by atoms with Gasteiger partial charge in [-0.2, -0.15) is 5.26 Å². The zero-order valence-electron chi connectivity index (χ0n) is 34.3. The number of amidine groups is 1. The van der Waals surface area contributed by atoms with Crippen LogP contribution in [0.1, 0.15) is 109 Å². The summed E-state index contributed by atoms with van der Waals surface area (Å²) in [4.78, 5) is 37.6. The Morgan fingerprint density at radius 1 is 1.17 bits per heavy atom. The average molecular weight is 870 g/mol. The van der Waals surface area contributed by atoms with Crippen molar-refractivity contribution in [3.8, 4) is 17.2 Å². The number of unbranched alkanes of at least 4 members (excludes halogenated alkanes) is 3. The summed E-state index contributed by atoms with van der Waals surface area (Å²) in [5, 5.41) is 22.5. The highest BCUT2D eigenvalue weighted by atomic mass is 35.5. The van der Waals surface area contributed by atoms with Gasteiger partial charge in [0.1, 0.15) is 34.5 Å². The van der Waals surface area contributed by atoms with Crippen LogP contribution in [0.5, 0.6) is 0 Å². The zero-order chi connectivity index (χ0) is 42.1. The molecule has 1 aromatic heterocycles. The molecule has 7 rings (SSSR count). The van der Waals surface area contributed by atoms with Crippen molar-refractivity contribution in [2.24, 2.45) is 10.4 Å². The van der Waals surface area contributed by atoms with E-state index in [9.17, 15) is 19.4 Å². The van der Waals surface area contributed by atoms with Crippen molar-refractivity contribution in [3.63, 3.8) is 0 Å². The summed E-state index contributed by atoms with van der Waals surface area (Å²) >= 11 is 8.25. The molecule has 4 aliphatic heterocycles. The number of carbonyl (C=O) groups is 2. The molecule has 2 bridgehead atoms. The van der Waals surface area contributed by atoms with E-state index < -0.39 is 23.5 Å². The molecular formula is C43H55ClF2N7O4PS. The first-order valence-electron chi connectivity index (χ1n) is 20.8. The maximum atomic E-state index is 15.6. The van der Waals surface area contributed by atoms with Gasteiger partial charge in [0.15, 0.2) is 0 Å². The third-order valence-corrected chi connectivity index (χ3v) is 14.0. The van der Waals surface area contributed by atoms with Crippen LogP contribution in [-0.4, -0.2) is 84.3 Å². The number of benzene rings is 2. The van der Waals surface area contributed by atoms with Gasteiger partial charge in [-0.25, -0.2) is 19.0 Å². The summed E-state index contributed by atoms with van der Waals surface area (Å²) in [6, 6.07) is 8.01. The normalized spacial score (nSPS) is 23.0. The number of piperidine rings is 1. The predicted octanol–water partition coefficient (Wildman–Crippen LogP) is 9.27. The number of nitrogens with one attached hydrogen (secondary N) is 3. The number of halogens is 3. The minimum atomic E-state index is -0.797. The molecule has 0 spiro atoms. The monoisotopic (exact) mass is 869 g/mol. The summed E-state index contributed by atoms with van der Waals surface area (Å²) in [6.07, 6.45) is 9.06. The number of amides is 1. The number of nitriles is 1. The number of anilines is 2. The van der Waals surface area contributed by atoms with Crippen LogP contribution in [-0.2, 0) is 14.5 Å². The number of ether oxygens (including phenoxy) is 1. The first-order valence-corrected chi connectivity index (χ1v) is 22.6. The standard InChI is InChI=1S/C43H55ClF2N7O4PS/c1-42(2,3)56-41(55)51-40-29(21-47)34-27(13-14-31(45)38(34)59-40)35-30(44)20-28-36(37(35)58)49-32(50-39(28)53-22-25-11-12-26(23-53)48-25)15-17-43(4)16-9-19-52(24-43)18-8-6-5-7-10-33(54)57-46/h13-14,20,25-26,32,48-49H,5-12,15-19,22-24,58H2,1-4H3,(H,51,55). The molecule has 1 amide bonds. The first kappa shape index (κ1) is 43.5. The van der Waals surface area contributed by atoms with E-state index in [0.29, 0.717) is 40.0 Å². The molecule has 3 N–H and O–H groups in total. The molecule has 4 aliphatic rings. The molecule has 5 heterocycles. The van der Waals surface area contributed by atoms with Gasteiger partial charge in [0.25, 0.3) is 0 Å². The smallest absolute Gasteiger partial charge is 0.412 e. The van der Waals surface area contributed by atoms with Gasteiger partial charge >= 0.3 is 12.1 Å². The Labute approximate surface area is 356 Å². The molecule has 5 unspecified atom stereocenters. The molecule has 2 aromatic carbocycles. The largest absolute Gasteiger partial charge is 0.444 e. The van der Waals surface area contributed by atoms with Crippen molar-refractivity contribution in [2.45, 2.75) is 122 Å². The lowest BCUT2D eigenvalue weighted by Crippen LogP contribution is -2.54. The second kappa shape index (κ2) is 18.2. The number of hydrogen-bond donors (Lipinski definition) is 3. The zero-order valence-corrected chi connectivity index (χ0v) is 37.0. The fraction of sp³-hybridized carbons (Fsp3) is 0.581. The minimum Gasteiger partial charge on any atom is -0.444 e. The SMILES string of the molecule is CC1(CCC2N=C(N3CC4CCC(C3)N4)c3cc(Cl)c(-c4ccc(F)c5sc(NC(=O)OC(C)(C)C)c(C#N)c45)c(P)c3N2)CCCN(CCCCCCC(=O)OF)C1. The number of piperazine rings is 1. The molecule has 3 saturated heterocycles. The molecular weight excluding hydrogens is 815 g/mol. The Bertz CT molecular complexity index is 2150. The number of likely N-dealkylation sites (tertiary alicyclic amines) is 2. The predicted molar refractivity (Wildman–Crippen MR) is 235 cm³/mol. The molecule has 59 heavy (non-hydrogen) atoms. The van der Waals surface area contributed by atoms with Crippen LogP contribution >= 0.6 is 32.2 Å². The Morgan fingerprint density at radius 2 is 1.92 bits per heavy atom. The van der Waals surface area contributed by atoms with Gasteiger partial charge < -0.3 is 25.2 Å². The lowest BCUT2D eigenvalue weighted by Gasteiger charge is -2.42. The van der Waals surface area contributed by atoms with Crippen LogP contribution in [0.2, 0.25) is 5.02 Å². The second-order valence-corrected chi connectivity index (χ2v) is 19.9. The van der Waals surface area contributed by atoms with Gasteiger partial charge in [0.05, 0.1) is 16.0 Å². The Kier molecular flexibility index (Phi) is 13.4. The number of nitrogens with zero attached hydrogens (tertiary/aromatic N) is 4. The summed E-state index contributed by atoms with van der Waals surface area (Å²) in [5.74, 6) is -0.374. The molecule has 16 heteroatoms. The molecule has 0 aliphatic carbocycles. The lowest BCUT2D eigenvalue weighted by molar-refractivity contribution is -0.183. The molecule has 0 saturated carbocycles.